The van der Waals surface area contributed by atoms with Crippen LogP contribution in [0.15, 0.2) is 12.3 Å². The molecule has 0 spiro atoms. The summed E-state index contributed by atoms with van der Waals surface area (Å²) in [6.45, 7) is 6.58. The quantitative estimate of drug-likeness (QED) is 0.692. The molecule has 0 aliphatic heterocycles. The van der Waals surface area contributed by atoms with Gasteiger partial charge in [0, 0.05) is 12.0 Å². The zero-order valence-electron chi connectivity index (χ0n) is 8.12. The highest BCUT2D eigenvalue weighted by atomic mass is 32.2. The van der Waals surface area contributed by atoms with Gasteiger partial charge in [-0.3, -0.25) is 4.79 Å². The summed E-state index contributed by atoms with van der Waals surface area (Å²) >= 11 is 0. The van der Waals surface area contributed by atoms with E-state index in [9.17, 15) is 13.2 Å². The lowest BCUT2D eigenvalue weighted by Crippen LogP contribution is -2.39. The molecule has 0 aromatic carbocycles. The van der Waals surface area contributed by atoms with Crippen molar-refractivity contribution in [1.82, 2.24) is 5.32 Å². The molecular weight excluding hydrogens is 190 g/mol. The van der Waals surface area contributed by atoms with E-state index in [-0.39, 0.29) is 11.5 Å². The minimum absolute atomic E-state index is 0.185. The summed E-state index contributed by atoms with van der Waals surface area (Å²) in [7, 11) is -3.14. The van der Waals surface area contributed by atoms with Crippen molar-refractivity contribution in [2.24, 2.45) is 0 Å². The van der Waals surface area contributed by atoms with Crippen molar-refractivity contribution in [3.63, 3.8) is 0 Å². The Morgan fingerprint density at radius 1 is 1.46 bits per heavy atom. The predicted octanol–water partition coefficient (Wildman–Crippen LogP) is 0.112. The third-order valence-electron chi connectivity index (χ3n) is 1.38. The summed E-state index contributed by atoms with van der Waals surface area (Å²) in [4.78, 5) is 11.0. The summed E-state index contributed by atoms with van der Waals surface area (Å²) in [6.07, 6.45) is 1.10. The third kappa shape index (κ3) is 6.33. The molecule has 0 aromatic rings. The van der Waals surface area contributed by atoms with Crippen molar-refractivity contribution < 1.29 is 13.2 Å². The van der Waals surface area contributed by atoms with Crippen LogP contribution in [0, 0.1) is 0 Å². The topological polar surface area (TPSA) is 63.2 Å². The number of hydrogen-bond donors (Lipinski definition) is 1. The maximum Gasteiger partial charge on any atom is 0.152 e. The van der Waals surface area contributed by atoms with Crippen LogP contribution in [0.25, 0.3) is 0 Å². The van der Waals surface area contributed by atoms with Crippen molar-refractivity contribution in [2.75, 3.05) is 12.0 Å². The number of sulfone groups is 1. The number of ketones is 1. The molecule has 0 rings (SSSR count). The molecule has 13 heavy (non-hydrogen) atoms. The van der Waals surface area contributed by atoms with E-state index < -0.39 is 15.9 Å². The number of hydrogen-bond acceptors (Lipinski definition) is 4. The van der Waals surface area contributed by atoms with Crippen molar-refractivity contribution in [2.45, 2.75) is 19.9 Å². The Balaban J connectivity index is 4.45. The fraction of sp³-hybridized carbons (Fsp3) is 0.625. The molecule has 76 valence electrons. The molecule has 0 aliphatic rings. The zero-order chi connectivity index (χ0) is 10.6. The highest BCUT2D eigenvalue weighted by Crippen LogP contribution is 1.96. The lowest BCUT2D eigenvalue weighted by Gasteiger charge is -2.15. The second-order valence-electron chi connectivity index (χ2n) is 3.18. The highest BCUT2D eigenvalue weighted by Gasteiger charge is 2.18. The Hall–Kier alpha value is -0.840. The Morgan fingerprint density at radius 2 is 1.92 bits per heavy atom. The van der Waals surface area contributed by atoms with Gasteiger partial charge >= 0.3 is 0 Å². The van der Waals surface area contributed by atoms with E-state index in [1.54, 1.807) is 6.92 Å². The molecule has 0 fully saturated rings. The van der Waals surface area contributed by atoms with E-state index in [1.165, 1.54) is 6.92 Å². The van der Waals surface area contributed by atoms with Crippen LogP contribution in [0.3, 0.4) is 0 Å². The zero-order valence-corrected chi connectivity index (χ0v) is 8.94. The molecule has 5 heteroatoms. The van der Waals surface area contributed by atoms with Gasteiger partial charge in [-0.15, -0.1) is 0 Å². The number of rotatable bonds is 5. The average molecular weight is 205 g/mol. The monoisotopic (exact) mass is 205 g/mol. The highest BCUT2D eigenvalue weighted by molar-refractivity contribution is 7.90. The van der Waals surface area contributed by atoms with Crippen molar-refractivity contribution in [3.05, 3.63) is 12.3 Å². The minimum atomic E-state index is -3.14. The van der Waals surface area contributed by atoms with Crippen molar-refractivity contribution in [3.8, 4) is 0 Å². The lowest BCUT2D eigenvalue weighted by atomic mass is 10.2. The fourth-order valence-corrected chi connectivity index (χ4v) is 1.78. The van der Waals surface area contributed by atoms with Crippen LogP contribution < -0.4 is 5.32 Å². The number of allylic oxidation sites excluding steroid dienone is 1. The van der Waals surface area contributed by atoms with Crippen LogP contribution in [0.1, 0.15) is 13.8 Å². The van der Waals surface area contributed by atoms with Gasteiger partial charge in [-0.25, -0.2) is 8.42 Å². The van der Waals surface area contributed by atoms with Gasteiger partial charge in [-0.1, -0.05) is 6.58 Å². The molecule has 0 saturated heterocycles. The van der Waals surface area contributed by atoms with Gasteiger partial charge in [0.2, 0.25) is 0 Å². The van der Waals surface area contributed by atoms with Gasteiger partial charge in [0.15, 0.2) is 5.78 Å². The maximum atomic E-state index is 11.0. The van der Waals surface area contributed by atoms with E-state index in [4.69, 9.17) is 0 Å². The second-order valence-corrected chi connectivity index (χ2v) is 5.37. The molecule has 1 unspecified atom stereocenters. The SMILES string of the molecule is C=C(C)NC(CS(C)(=O)=O)C(C)=O. The van der Waals surface area contributed by atoms with Crippen LogP contribution in [0.2, 0.25) is 0 Å². The van der Waals surface area contributed by atoms with Crippen LogP contribution in [0.5, 0.6) is 0 Å². The van der Waals surface area contributed by atoms with Gasteiger partial charge in [0.05, 0.1) is 11.8 Å². The lowest BCUT2D eigenvalue weighted by molar-refractivity contribution is -0.118. The van der Waals surface area contributed by atoms with E-state index in [0.29, 0.717) is 5.70 Å². The van der Waals surface area contributed by atoms with E-state index in [1.807, 2.05) is 0 Å². The first-order valence-corrected chi connectivity index (χ1v) is 5.88. The van der Waals surface area contributed by atoms with Gasteiger partial charge < -0.3 is 5.32 Å². The smallest absolute Gasteiger partial charge is 0.152 e. The number of carbonyl (C=O) groups excluding carboxylic acids is 1. The Bertz CT molecular complexity index is 305. The Kier molecular flexibility index (Phi) is 4.13. The first-order chi connectivity index (χ1) is 5.72. The van der Waals surface area contributed by atoms with Crippen LogP contribution >= 0.6 is 0 Å². The molecule has 0 radical (unpaired) electrons. The summed E-state index contributed by atoms with van der Waals surface area (Å²) in [5.41, 5.74) is 0.587. The van der Waals surface area contributed by atoms with Gasteiger partial charge in [0.1, 0.15) is 9.84 Å². The standard InChI is InChI=1S/C8H15NO3S/c1-6(2)9-8(7(3)10)5-13(4,11)12/h8-9H,1,5H2,2-4H3. The van der Waals surface area contributed by atoms with Gasteiger partial charge in [0.25, 0.3) is 0 Å². The molecule has 0 aromatic heterocycles. The molecule has 1 atom stereocenters. The molecule has 1 N–H and O–H groups in total. The van der Waals surface area contributed by atoms with Crippen LogP contribution in [0.4, 0.5) is 0 Å². The summed E-state index contributed by atoms with van der Waals surface area (Å²) < 4.78 is 21.8. The molecule has 4 nitrogen and oxygen atoms in total. The first-order valence-electron chi connectivity index (χ1n) is 3.82. The van der Waals surface area contributed by atoms with Gasteiger partial charge in [-0.2, -0.15) is 0 Å². The van der Waals surface area contributed by atoms with Crippen molar-refractivity contribution >= 4 is 15.6 Å². The molecule has 0 amide bonds. The van der Waals surface area contributed by atoms with Crippen molar-refractivity contribution in [1.29, 1.82) is 0 Å². The Labute approximate surface area is 78.9 Å². The number of Topliss-reactive ketones (excluding diaryl/α,β-unsaturated/α-hetero) is 1. The van der Waals surface area contributed by atoms with Gasteiger partial charge in [-0.05, 0) is 13.8 Å². The molecule has 0 aliphatic carbocycles. The minimum Gasteiger partial charge on any atom is -0.379 e. The maximum absolute atomic E-state index is 11.0. The second kappa shape index (κ2) is 4.41. The molecule has 0 heterocycles. The molecule has 0 bridgehead atoms. The van der Waals surface area contributed by atoms with E-state index in [2.05, 4.69) is 11.9 Å². The summed E-state index contributed by atoms with van der Waals surface area (Å²) in [5, 5.41) is 2.71. The number of nitrogens with one attached hydrogen (secondary N) is 1. The first kappa shape index (κ1) is 12.2. The Morgan fingerprint density at radius 3 is 2.15 bits per heavy atom. The molecule has 0 saturated carbocycles. The number of carbonyl (C=O) groups is 1. The van der Waals surface area contributed by atoms with Crippen LogP contribution in [-0.4, -0.2) is 32.3 Å². The summed E-state index contributed by atoms with van der Waals surface area (Å²) in [5.74, 6) is -0.386. The fourth-order valence-electron chi connectivity index (χ4n) is 0.861. The summed E-state index contributed by atoms with van der Waals surface area (Å²) in [6, 6.07) is -0.674. The average Bonchev–Trinajstić information content (AvgIpc) is 1.81. The van der Waals surface area contributed by atoms with E-state index in [0.717, 1.165) is 6.26 Å². The van der Waals surface area contributed by atoms with E-state index >= 15 is 0 Å². The van der Waals surface area contributed by atoms with Crippen LogP contribution in [-0.2, 0) is 14.6 Å². The third-order valence-corrected chi connectivity index (χ3v) is 2.32. The largest absolute Gasteiger partial charge is 0.379 e. The normalized spacial score (nSPS) is 13.5. The predicted molar refractivity (Wildman–Crippen MR) is 52.1 cm³/mol. The molecular formula is C8H15NO3S.